The predicted molar refractivity (Wildman–Crippen MR) is 86.4 cm³/mol. The van der Waals surface area contributed by atoms with E-state index >= 15 is 0 Å². The summed E-state index contributed by atoms with van der Waals surface area (Å²) in [5, 5.41) is 10.3. The molecule has 140 valence electrons. The van der Waals surface area contributed by atoms with Crippen LogP contribution in [-0.2, 0) is 33.3 Å². The standard InChI is InChI=1S/C17H24O8/c1-10(23-11(2)18)13(24-12(3)19)8-9-14(22-4)17(21)15-6-5-7-16(20)25-15/h5,7-10,13-15,17,21H,6H2,1-4H3/b9-8+/t10-,13-,14+,15-,17-/m0/s1. The summed E-state index contributed by atoms with van der Waals surface area (Å²) in [6.45, 7) is 4.06. The second-order valence-electron chi connectivity index (χ2n) is 5.58. The third kappa shape index (κ3) is 7.06. The van der Waals surface area contributed by atoms with Crippen molar-refractivity contribution in [2.24, 2.45) is 0 Å². The lowest BCUT2D eigenvalue weighted by molar-refractivity contribution is -0.160. The molecule has 0 aromatic rings. The van der Waals surface area contributed by atoms with Gasteiger partial charge in [-0.1, -0.05) is 12.2 Å². The highest BCUT2D eigenvalue weighted by molar-refractivity contribution is 5.82. The molecule has 1 aliphatic rings. The zero-order valence-corrected chi connectivity index (χ0v) is 14.7. The van der Waals surface area contributed by atoms with Crippen molar-refractivity contribution < 1.29 is 38.4 Å². The Kier molecular flexibility index (Phi) is 8.30. The maximum Gasteiger partial charge on any atom is 0.330 e. The molecule has 0 aromatic heterocycles. The molecule has 5 atom stereocenters. The highest BCUT2D eigenvalue weighted by Gasteiger charge is 2.30. The summed E-state index contributed by atoms with van der Waals surface area (Å²) in [7, 11) is 1.38. The van der Waals surface area contributed by atoms with Crippen LogP contribution >= 0.6 is 0 Å². The fraction of sp³-hybridized carbons (Fsp3) is 0.588. The molecule has 1 rings (SSSR count). The molecule has 25 heavy (non-hydrogen) atoms. The van der Waals surface area contributed by atoms with Crippen molar-refractivity contribution in [3.8, 4) is 0 Å². The largest absolute Gasteiger partial charge is 0.459 e. The first-order valence-corrected chi connectivity index (χ1v) is 7.85. The predicted octanol–water partition coefficient (Wildman–Crippen LogP) is 0.673. The van der Waals surface area contributed by atoms with Crippen LogP contribution < -0.4 is 0 Å². The van der Waals surface area contributed by atoms with E-state index in [2.05, 4.69) is 0 Å². The van der Waals surface area contributed by atoms with Crippen LogP contribution in [0.2, 0.25) is 0 Å². The summed E-state index contributed by atoms with van der Waals surface area (Å²) >= 11 is 0. The highest BCUT2D eigenvalue weighted by Crippen LogP contribution is 2.17. The maximum absolute atomic E-state index is 11.3. The van der Waals surface area contributed by atoms with Gasteiger partial charge in [-0.25, -0.2) is 4.79 Å². The van der Waals surface area contributed by atoms with Crippen molar-refractivity contribution in [2.75, 3.05) is 7.11 Å². The first-order chi connectivity index (χ1) is 11.7. The number of carbonyl (C=O) groups is 3. The Morgan fingerprint density at radius 1 is 1.24 bits per heavy atom. The molecule has 0 spiro atoms. The van der Waals surface area contributed by atoms with Crippen molar-refractivity contribution >= 4 is 17.9 Å². The lowest BCUT2D eigenvalue weighted by atomic mass is 10.0. The minimum Gasteiger partial charge on any atom is -0.459 e. The smallest absolute Gasteiger partial charge is 0.330 e. The number of methoxy groups -OCH3 is 1. The molecule has 0 aromatic carbocycles. The van der Waals surface area contributed by atoms with Gasteiger partial charge in [0.05, 0.1) is 0 Å². The van der Waals surface area contributed by atoms with Crippen LogP contribution in [0.3, 0.4) is 0 Å². The van der Waals surface area contributed by atoms with Gasteiger partial charge in [0.2, 0.25) is 0 Å². The van der Waals surface area contributed by atoms with Crippen molar-refractivity contribution in [2.45, 2.75) is 57.7 Å². The number of carbonyl (C=O) groups excluding carboxylic acids is 3. The second kappa shape index (κ2) is 9.95. The van der Waals surface area contributed by atoms with Crippen LogP contribution in [0.5, 0.6) is 0 Å². The molecule has 1 N–H and O–H groups in total. The lowest BCUT2D eigenvalue weighted by Gasteiger charge is -2.28. The quantitative estimate of drug-likeness (QED) is 0.384. The summed E-state index contributed by atoms with van der Waals surface area (Å²) in [6.07, 6.45) is 1.96. The van der Waals surface area contributed by atoms with E-state index in [9.17, 15) is 19.5 Å². The van der Waals surface area contributed by atoms with E-state index in [1.165, 1.54) is 39.2 Å². The number of rotatable bonds is 8. The van der Waals surface area contributed by atoms with Crippen molar-refractivity contribution in [3.05, 3.63) is 24.3 Å². The van der Waals surface area contributed by atoms with Gasteiger partial charge in [-0.3, -0.25) is 9.59 Å². The van der Waals surface area contributed by atoms with Crippen LogP contribution in [0.25, 0.3) is 0 Å². The molecule has 0 bridgehead atoms. The number of ether oxygens (including phenoxy) is 4. The van der Waals surface area contributed by atoms with Crippen LogP contribution in [0.4, 0.5) is 0 Å². The molecule has 0 saturated carbocycles. The minimum atomic E-state index is -1.11. The van der Waals surface area contributed by atoms with E-state index in [1.807, 2.05) is 0 Å². The topological polar surface area (TPSA) is 108 Å². The van der Waals surface area contributed by atoms with Crippen molar-refractivity contribution in [1.82, 2.24) is 0 Å². The zero-order chi connectivity index (χ0) is 19.0. The SMILES string of the molecule is CO[C@H](/C=C/[C@H](OC(C)=O)[C@H](C)OC(C)=O)[C@H](O)[C@@H]1CC=CC(=O)O1. The molecule has 0 aliphatic carbocycles. The molecular formula is C17H24O8. The van der Waals surface area contributed by atoms with Gasteiger partial charge in [0.15, 0.2) is 6.10 Å². The van der Waals surface area contributed by atoms with Gasteiger partial charge in [-0.05, 0) is 13.0 Å². The molecule has 0 fully saturated rings. The maximum atomic E-state index is 11.3. The van der Waals surface area contributed by atoms with Crippen molar-refractivity contribution in [3.63, 3.8) is 0 Å². The summed E-state index contributed by atoms with van der Waals surface area (Å²) in [6, 6.07) is 0. The number of cyclic esters (lactones) is 1. The van der Waals surface area contributed by atoms with Gasteiger partial charge in [0, 0.05) is 33.5 Å². The van der Waals surface area contributed by atoms with Crippen LogP contribution in [0, 0.1) is 0 Å². The van der Waals surface area contributed by atoms with E-state index in [1.54, 1.807) is 13.0 Å². The first-order valence-electron chi connectivity index (χ1n) is 7.85. The Bertz CT molecular complexity index is 539. The third-order valence-electron chi connectivity index (χ3n) is 3.49. The molecule has 8 nitrogen and oxygen atoms in total. The van der Waals surface area contributed by atoms with Crippen molar-refractivity contribution in [1.29, 1.82) is 0 Å². The summed E-state index contributed by atoms with van der Waals surface area (Å²) in [4.78, 5) is 33.6. The minimum absolute atomic E-state index is 0.359. The van der Waals surface area contributed by atoms with Crippen LogP contribution in [-0.4, -0.2) is 60.6 Å². The molecule has 1 aliphatic heterocycles. The average Bonchev–Trinajstić information content (AvgIpc) is 2.53. The van der Waals surface area contributed by atoms with Crippen LogP contribution in [0.1, 0.15) is 27.2 Å². The second-order valence-corrected chi connectivity index (χ2v) is 5.58. The number of aliphatic hydroxyl groups excluding tert-OH is 1. The summed E-state index contributed by atoms with van der Waals surface area (Å²) in [5.74, 6) is -1.59. The van der Waals surface area contributed by atoms with Gasteiger partial charge in [0.1, 0.15) is 24.4 Å². The van der Waals surface area contributed by atoms with Gasteiger partial charge >= 0.3 is 17.9 Å². The Balaban J connectivity index is 2.82. The number of aliphatic hydroxyl groups is 1. The number of hydrogen-bond donors (Lipinski definition) is 1. The fourth-order valence-corrected chi connectivity index (χ4v) is 2.32. The molecule has 0 radical (unpaired) electrons. The highest BCUT2D eigenvalue weighted by atomic mass is 16.6. The zero-order valence-electron chi connectivity index (χ0n) is 14.7. The monoisotopic (exact) mass is 356 g/mol. The Hall–Kier alpha value is -2.19. The van der Waals surface area contributed by atoms with E-state index < -0.39 is 48.4 Å². The summed E-state index contributed by atoms with van der Waals surface area (Å²) in [5.41, 5.74) is 0. The van der Waals surface area contributed by atoms with Gasteiger partial charge in [-0.15, -0.1) is 0 Å². The normalized spacial score (nSPS) is 22.0. The third-order valence-corrected chi connectivity index (χ3v) is 3.49. The molecule has 0 saturated heterocycles. The number of hydrogen-bond acceptors (Lipinski definition) is 8. The van der Waals surface area contributed by atoms with E-state index in [0.29, 0.717) is 6.42 Å². The first kappa shape index (κ1) is 20.9. The summed E-state index contributed by atoms with van der Waals surface area (Å²) < 4.78 is 20.4. The number of esters is 3. The van der Waals surface area contributed by atoms with Gasteiger partial charge in [-0.2, -0.15) is 0 Å². The van der Waals surface area contributed by atoms with Gasteiger partial charge < -0.3 is 24.1 Å². The van der Waals surface area contributed by atoms with Crippen LogP contribution in [0.15, 0.2) is 24.3 Å². The van der Waals surface area contributed by atoms with Gasteiger partial charge in [0.25, 0.3) is 0 Å². The Morgan fingerprint density at radius 3 is 2.36 bits per heavy atom. The Morgan fingerprint density at radius 2 is 1.84 bits per heavy atom. The molecular weight excluding hydrogens is 332 g/mol. The Labute approximate surface area is 146 Å². The lowest BCUT2D eigenvalue weighted by Crippen LogP contribution is -2.41. The molecule has 8 heteroatoms. The molecule has 0 unspecified atom stereocenters. The van der Waals surface area contributed by atoms with E-state index in [0.717, 1.165) is 0 Å². The van der Waals surface area contributed by atoms with E-state index in [4.69, 9.17) is 18.9 Å². The fourth-order valence-electron chi connectivity index (χ4n) is 2.32. The van der Waals surface area contributed by atoms with E-state index in [-0.39, 0.29) is 0 Å². The molecule has 0 amide bonds. The average molecular weight is 356 g/mol. The molecule has 1 heterocycles.